The molecule has 2 N–H and O–H groups in total. The van der Waals surface area contributed by atoms with Gasteiger partial charge in [0, 0.05) is 23.0 Å². The summed E-state index contributed by atoms with van der Waals surface area (Å²) in [4.78, 5) is 0. The third kappa shape index (κ3) is 2.36. The average molecular weight is 266 g/mol. The molecular weight excluding hydrogens is 246 g/mol. The van der Waals surface area contributed by atoms with Gasteiger partial charge in [0.05, 0.1) is 0 Å². The third-order valence-corrected chi connectivity index (χ3v) is 4.55. The molecule has 1 aromatic rings. The van der Waals surface area contributed by atoms with Gasteiger partial charge in [0.15, 0.2) is 0 Å². The molecule has 1 aliphatic carbocycles. The van der Waals surface area contributed by atoms with Gasteiger partial charge in [0.2, 0.25) is 0 Å². The molecule has 1 aliphatic heterocycles. The van der Waals surface area contributed by atoms with Crippen LogP contribution >= 0.6 is 11.6 Å². The van der Waals surface area contributed by atoms with Crippen molar-refractivity contribution in [3.05, 3.63) is 28.8 Å². The summed E-state index contributed by atoms with van der Waals surface area (Å²) in [5, 5.41) is 0.740. The van der Waals surface area contributed by atoms with Gasteiger partial charge in [-0.25, -0.2) is 0 Å². The molecule has 1 unspecified atom stereocenters. The summed E-state index contributed by atoms with van der Waals surface area (Å²) in [5.41, 5.74) is 7.34. The van der Waals surface area contributed by atoms with Crippen molar-refractivity contribution in [3.63, 3.8) is 0 Å². The Labute approximate surface area is 113 Å². The molecule has 1 aromatic carbocycles. The molecule has 1 fully saturated rings. The van der Waals surface area contributed by atoms with Crippen molar-refractivity contribution in [2.24, 2.45) is 11.7 Å². The van der Waals surface area contributed by atoms with Crippen LogP contribution in [0.25, 0.3) is 0 Å². The van der Waals surface area contributed by atoms with Crippen LogP contribution in [-0.4, -0.2) is 6.10 Å². The minimum absolute atomic E-state index is 0.0689. The number of rotatable bonds is 1. The van der Waals surface area contributed by atoms with Gasteiger partial charge in [-0.1, -0.05) is 30.9 Å². The average Bonchev–Trinajstić information content (AvgIpc) is 2.40. The molecule has 3 heteroatoms. The first-order valence-electron chi connectivity index (χ1n) is 6.96. The fourth-order valence-electron chi connectivity index (χ4n) is 3.30. The Hall–Kier alpha value is -0.730. The summed E-state index contributed by atoms with van der Waals surface area (Å²) in [6, 6.07) is 5.86. The maximum atomic E-state index is 6.27. The molecule has 0 spiro atoms. The number of fused-ring (bicyclic) bond motifs is 1. The lowest BCUT2D eigenvalue weighted by Crippen LogP contribution is -2.36. The topological polar surface area (TPSA) is 35.2 Å². The van der Waals surface area contributed by atoms with Crippen LogP contribution in [0.4, 0.5) is 0 Å². The number of ether oxygens (including phenoxy) is 1. The fraction of sp³-hybridized carbons (Fsp3) is 0.600. The normalized spacial score (nSPS) is 28.6. The minimum Gasteiger partial charge on any atom is -0.490 e. The van der Waals surface area contributed by atoms with E-state index in [4.69, 9.17) is 22.1 Å². The highest BCUT2D eigenvalue weighted by atomic mass is 35.5. The molecule has 0 bridgehead atoms. The van der Waals surface area contributed by atoms with E-state index in [1.807, 2.05) is 18.2 Å². The van der Waals surface area contributed by atoms with Gasteiger partial charge in [-0.05, 0) is 37.0 Å². The summed E-state index contributed by atoms with van der Waals surface area (Å²) in [5.74, 6) is 1.63. The Morgan fingerprint density at radius 1 is 1.17 bits per heavy atom. The smallest absolute Gasteiger partial charge is 0.124 e. The van der Waals surface area contributed by atoms with E-state index in [1.54, 1.807) is 0 Å². The van der Waals surface area contributed by atoms with Crippen molar-refractivity contribution in [3.8, 4) is 5.75 Å². The Balaban J connectivity index is 1.80. The lowest BCUT2D eigenvalue weighted by Gasteiger charge is -2.36. The van der Waals surface area contributed by atoms with Crippen LogP contribution in [0.1, 0.15) is 50.1 Å². The molecule has 0 saturated heterocycles. The Kier molecular flexibility index (Phi) is 3.49. The summed E-state index contributed by atoms with van der Waals surface area (Å²) in [6.07, 6.45) is 7.87. The molecule has 18 heavy (non-hydrogen) atoms. The molecule has 1 saturated carbocycles. The number of benzene rings is 1. The zero-order valence-corrected chi connectivity index (χ0v) is 11.3. The number of halogens is 1. The van der Waals surface area contributed by atoms with E-state index in [0.717, 1.165) is 22.8 Å². The summed E-state index contributed by atoms with van der Waals surface area (Å²) in [7, 11) is 0. The zero-order chi connectivity index (χ0) is 12.5. The lowest BCUT2D eigenvalue weighted by molar-refractivity contribution is 0.0784. The van der Waals surface area contributed by atoms with Crippen LogP contribution in [0.2, 0.25) is 5.02 Å². The van der Waals surface area contributed by atoms with E-state index in [0.29, 0.717) is 12.0 Å². The fourth-order valence-corrected chi connectivity index (χ4v) is 3.48. The van der Waals surface area contributed by atoms with Crippen molar-refractivity contribution in [1.82, 2.24) is 0 Å². The van der Waals surface area contributed by atoms with Crippen molar-refractivity contribution < 1.29 is 4.74 Å². The molecule has 2 atom stereocenters. The van der Waals surface area contributed by atoms with Crippen molar-refractivity contribution >= 4 is 11.6 Å². The van der Waals surface area contributed by atoms with E-state index in [-0.39, 0.29) is 6.04 Å². The van der Waals surface area contributed by atoms with Crippen LogP contribution in [0.5, 0.6) is 5.75 Å². The summed E-state index contributed by atoms with van der Waals surface area (Å²) < 4.78 is 6.16. The first kappa shape index (κ1) is 12.3. The molecule has 98 valence electrons. The highest BCUT2D eigenvalue weighted by molar-refractivity contribution is 6.30. The van der Waals surface area contributed by atoms with Gasteiger partial charge < -0.3 is 10.5 Å². The van der Waals surface area contributed by atoms with E-state index in [1.165, 1.54) is 32.1 Å². The second-order valence-electron chi connectivity index (χ2n) is 5.58. The standard InChI is InChI=1S/C15H20ClNO/c16-11-6-7-14-12(8-11)13(17)9-15(18-14)10-4-2-1-3-5-10/h6-8,10,13,15H,1-5,9,17H2/t13-,15?/m0/s1. The largest absolute Gasteiger partial charge is 0.490 e. The van der Waals surface area contributed by atoms with E-state index < -0.39 is 0 Å². The van der Waals surface area contributed by atoms with Crippen LogP contribution in [0, 0.1) is 5.92 Å². The molecular formula is C15H20ClNO. The van der Waals surface area contributed by atoms with E-state index in [2.05, 4.69) is 0 Å². The number of hydrogen-bond donors (Lipinski definition) is 1. The monoisotopic (exact) mass is 265 g/mol. The van der Waals surface area contributed by atoms with Gasteiger partial charge in [0.25, 0.3) is 0 Å². The first-order chi connectivity index (χ1) is 8.74. The van der Waals surface area contributed by atoms with Crippen molar-refractivity contribution in [2.75, 3.05) is 0 Å². The SMILES string of the molecule is N[C@H]1CC(C2CCCCC2)Oc2ccc(Cl)cc21. The van der Waals surface area contributed by atoms with Gasteiger partial charge in [-0.15, -0.1) is 0 Å². The molecule has 0 amide bonds. The second-order valence-corrected chi connectivity index (χ2v) is 6.02. The van der Waals surface area contributed by atoms with Crippen LogP contribution in [-0.2, 0) is 0 Å². The van der Waals surface area contributed by atoms with Crippen molar-refractivity contribution in [1.29, 1.82) is 0 Å². The lowest BCUT2D eigenvalue weighted by atomic mass is 9.81. The molecule has 1 heterocycles. The van der Waals surface area contributed by atoms with Gasteiger partial charge >= 0.3 is 0 Å². The molecule has 0 aromatic heterocycles. The highest BCUT2D eigenvalue weighted by Gasteiger charge is 2.32. The predicted octanol–water partition coefficient (Wildman–Crippen LogP) is 4.07. The molecule has 0 radical (unpaired) electrons. The van der Waals surface area contributed by atoms with Crippen LogP contribution in [0.15, 0.2) is 18.2 Å². The van der Waals surface area contributed by atoms with E-state index >= 15 is 0 Å². The Bertz CT molecular complexity index is 429. The molecule has 2 aliphatic rings. The molecule has 2 nitrogen and oxygen atoms in total. The maximum Gasteiger partial charge on any atom is 0.124 e. The quantitative estimate of drug-likeness (QED) is 0.831. The minimum atomic E-state index is 0.0689. The summed E-state index contributed by atoms with van der Waals surface area (Å²) in [6.45, 7) is 0. The van der Waals surface area contributed by atoms with Crippen LogP contribution < -0.4 is 10.5 Å². The predicted molar refractivity (Wildman–Crippen MR) is 74.0 cm³/mol. The Morgan fingerprint density at radius 2 is 1.94 bits per heavy atom. The second kappa shape index (κ2) is 5.10. The molecule has 3 rings (SSSR count). The first-order valence-corrected chi connectivity index (χ1v) is 7.33. The van der Waals surface area contributed by atoms with E-state index in [9.17, 15) is 0 Å². The number of hydrogen-bond acceptors (Lipinski definition) is 2. The van der Waals surface area contributed by atoms with Crippen LogP contribution in [0.3, 0.4) is 0 Å². The zero-order valence-electron chi connectivity index (χ0n) is 10.6. The summed E-state index contributed by atoms with van der Waals surface area (Å²) >= 11 is 6.02. The Morgan fingerprint density at radius 3 is 2.72 bits per heavy atom. The number of nitrogens with two attached hydrogens (primary N) is 1. The van der Waals surface area contributed by atoms with Gasteiger partial charge in [0.1, 0.15) is 11.9 Å². The van der Waals surface area contributed by atoms with Crippen molar-refractivity contribution in [2.45, 2.75) is 50.7 Å². The van der Waals surface area contributed by atoms with Gasteiger partial charge in [-0.3, -0.25) is 0 Å². The maximum absolute atomic E-state index is 6.27. The van der Waals surface area contributed by atoms with Gasteiger partial charge in [-0.2, -0.15) is 0 Å². The third-order valence-electron chi connectivity index (χ3n) is 4.31. The highest BCUT2D eigenvalue weighted by Crippen LogP contribution is 2.40.